The van der Waals surface area contributed by atoms with E-state index < -0.39 is 22.0 Å². The Balaban J connectivity index is 0.000000782. The molecule has 0 radical (unpaired) electrons. The van der Waals surface area contributed by atoms with Crippen LogP contribution in [0.4, 0.5) is 20.7 Å². The van der Waals surface area contributed by atoms with E-state index in [0.717, 1.165) is 22.3 Å². The molecule has 0 unspecified atom stereocenters. The number of ether oxygens (including phenoxy) is 1. The summed E-state index contributed by atoms with van der Waals surface area (Å²) in [5, 5.41) is 20.1. The maximum atomic E-state index is 14.5. The largest absolute Gasteiger partial charge is 0.456 e. The van der Waals surface area contributed by atoms with Crippen molar-refractivity contribution in [1.82, 2.24) is 19.7 Å². The van der Waals surface area contributed by atoms with Gasteiger partial charge in [0.25, 0.3) is 10.1 Å². The molecule has 14 heteroatoms. The molecule has 5 rings (SSSR count). The van der Waals surface area contributed by atoms with Crippen LogP contribution in [0, 0.1) is 5.82 Å². The molecule has 0 aliphatic heterocycles. The highest BCUT2D eigenvalue weighted by molar-refractivity contribution is 7.85. The van der Waals surface area contributed by atoms with Crippen molar-refractivity contribution < 1.29 is 32.0 Å². The van der Waals surface area contributed by atoms with Gasteiger partial charge in [-0.25, -0.2) is 13.9 Å². The van der Waals surface area contributed by atoms with Crippen LogP contribution in [-0.2, 0) is 16.7 Å². The molecular weight excluding hydrogens is 579 g/mol. The van der Waals surface area contributed by atoms with E-state index in [-0.39, 0.29) is 18.2 Å². The van der Waals surface area contributed by atoms with Crippen LogP contribution in [-0.4, -0.2) is 50.1 Å². The number of amides is 2. The molecule has 0 bridgehead atoms. The Labute approximate surface area is 246 Å². The molecule has 0 aliphatic carbocycles. The molecule has 224 valence electrons. The number of urea groups is 1. The molecule has 2 aromatic carbocycles. The SMILES string of the molecule is CC(C)c1cc(NC(=O)Nc2cc(Oc3ccc(CO)nc3)ccc2F)n(-c2ccc3ncccc3c2)n1.CS(=O)(=O)O. The Kier molecular flexibility index (Phi) is 9.65. The molecule has 4 N–H and O–H groups in total. The molecule has 0 aliphatic rings. The van der Waals surface area contributed by atoms with Gasteiger partial charge in [0, 0.05) is 23.7 Å². The van der Waals surface area contributed by atoms with Gasteiger partial charge in [0.05, 0.1) is 47.3 Å². The van der Waals surface area contributed by atoms with Crippen molar-refractivity contribution in [2.45, 2.75) is 26.4 Å². The summed E-state index contributed by atoms with van der Waals surface area (Å²) >= 11 is 0. The lowest BCUT2D eigenvalue weighted by Gasteiger charge is -2.12. The van der Waals surface area contributed by atoms with Crippen molar-refractivity contribution in [3.63, 3.8) is 0 Å². The molecule has 3 heterocycles. The lowest BCUT2D eigenvalue weighted by atomic mass is 10.1. The van der Waals surface area contributed by atoms with Crippen LogP contribution in [0.5, 0.6) is 11.5 Å². The number of aliphatic hydroxyl groups excluding tert-OH is 1. The molecule has 12 nitrogen and oxygen atoms in total. The van der Waals surface area contributed by atoms with E-state index in [2.05, 4.69) is 25.7 Å². The van der Waals surface area contributed by atoms with Crippen LogP contribution in [0.15, 0.2) is 79.1 Å². The normalized spacial score (nSPS) is 11.1. The molecule has 43 heavy (non-hydrogen) atoms. The number of anilines is 2. The minimum absolute atomic E-state index is 0.0631. The first kappa shape index (κ1) is 31.0. The van der Waals surface area contributed by atoms with Crippen LogP contribution >= 0.6 is 0 Å². The minimum atomic E-state index is -3.67. The van der Waals surface area contributed by atoms with E-state index in [4.69, 9.17) is 14.4 Å². The summed E-state index contributed by atoms with van der Waals surface area (Å²) in [7, 11) is -3.67. The average molecular weight is 609 g/mol. The molecule has 0 atom stereocenters. The number of nitrogens with one attached hydrogen (secondary N) is 2. The zero-order valence-electron chi connectivity index (χ0n) is 23.4. The molecule has 0 saturated carbocycles. The zero-order chi connectivity index (χ0) is 31.1. The number of halogens is 1. The maximum absolute atomic E-state index is 14.5. The number of aliphatic hydroxyl groups is 1. The second-order valence-corrected chi connectivity index (χ2v) is 11.1. The van der Waals surface area contributed by atoms with Crippen molar-refractivity contribution in [3.05, 3.63) is 96.3 Å². The zero-order valence-corrected chi connectivity index (χ0v) is 24.2. The van der Waals surface area contributed by atoms with E-state index in [1.165, 1.54) is 24.4 Å². The van der Waals surface area contributed by atoms with Crippen molar-refractivity contribution in [3.8, 4) is 17.2 Å². The highest BCUT2D eigenvalue weighted by Gasteiger charge is 2.16. The number of rotatable bonds is 7. The van der Waals surface area contributed by atoms with Gasteiger partial charge < -0.3 is 15.2 Å². The number of nitrogens with zero attached hydrogens (tertiary/aromatic N) is 4. The number of benzene rings is 2. The van der Waals surface area contributed by atoms with E-state index in [9.17, 15) is 17.6 Å². The van der Waals surface area contributed by atoms with Crippen LogP contribution in [0.2, 0.25) is 0 Å². The lowest BCUT2D eigenvalue weighted by Crippen LogP contribution is -2.22. The van der Waals surface area contributed by atoms with Crippen molar-refractivity contribution in [2.24, 2.45) is 0 Å². The number of hydrogen-bond acceptors (Lipinski definition) is 8. The summed E-state index contributed by atoms with van der Waals surface area (Å²) in [5.41, 5.74) is 2.81. The summed E-state index contributed by atoms with van der Waals surface area (Å²) in [6.07, 6.45) is 3.89. The van der Waals surface area contributed by atoms with Gasteiger partial charge in [0.15, 0.2) is 0 Å². The highest BCUT2D eigenvalue weighted by atomic mass is 32.2. The van der Waals surface area contributed by atoms with Gasteiger partial charge in [0.1, 0.15) is 23.1 Å². The predicted octanol–water partition coefficient (Wildman–Crippen LogP) is 5.51. The summed E-state index contributed by atoms with van der Waals surface area (Å²) < 4.78 is 47.8. The van der Waals surface area contributed by atoms with Crippen LogP contribution in [0.3, 0.4) is 0 Å². The number of carbonyl (C=O) groups is 1. The summed E-state index contributed by atoms with van der Waals surface area (Å²) in [6.45, 7) is 3.83. The standard InChI is InChI=1S/C28H25FN6O3.CH4O3S/c1-17(2)25-14-27(35(34-25)20-6-10-24-18(12-20)4-3-11-30-24)33-28(37)32-26-13-21(8-9-23(26)29)38-22-7-5-19(16-36)31-15-22;1-5(2,3)4/h3-15,17,36H,16H2,1-2H3,(H2,32,33,37);1H3,(H,2,3,4). The fraction of sp³-hybridized carbons (Fsp3) is 0.172. The van der Waals surface area contributed by atoms with Crippen LogP contribution in [0.25, 0.3) is 16.6 Å². The fourth-order valence-electron chi connectivity index (χ4n) is 3.80. The van der Waals surface area contributed by atoms with Gasteiger partial charge in [-0.2, -0.15) is 13.5 Å². The second kappa shape index (κ2) is 13.4. The predicted molar refractivity (Wildman–Crippen MR) is 160 cm³/mol. The molecule has 2 amide bonds. The Bertz CT molecular complexity index is 1840. The number of pyridine rings is 2. The van der Waals surface area contributed by atoms with E-state index in [1.807, 2.05) is 44.2 Å². The second-order valence-electron chi connectivity index (χ2n) is 9.60. The summed E-state index contributed by atoms with van der Waals surface area (Å²) in [5.74, 6) is 0.628. The van der Waals surface area contributed by atoms with Crippen molar-refractivity contribution >= 4 is 38.6 Å². The van der Waals surface area contributed by atoms with E-state index in [0.29, 0.717) is 29.3 Å². The van der Waals surface area contributed by atoms with Gasteiger partial charge in [-0.15, -0.1) is 0 Å². The molecule has 0 spiro atoms. The summed E-state index contributed by atoms with van der Waals surface area (Å²) in [6, 6.07) is 17.9. The molecule has 0 saturated heterocycles. The molecule has 5 aromatic rings. The maximum Gasteiger partial charge on any atom is 0.324 e. The fourth-order valence-corrected chi connectivity index (χ4v) is 3.80. The van der Waals surface area contributed by atoms with Crippen LogP contribution in [0.1, 0.15) is 31.2 Å². The number of aromatic nitrogens is 4. The minimum Gasteiger partial charge on any atom is -0.456 e. The number of fused-ring (bicyclic) bond motifs is 1. The Morgan fingerprint density at radius 2 is 1.77 bits per heavy atom. The first-order valence-corrected chi connectivity index (χ1v) is 14.7. The van der Waals surface area contributed by atoms with Gasteiger partial charge >= 0.3 is 6.03 Å². The molecule has 0 fully saturated rings. The Morgan fingerprint density at radius 1 is 1.02 bits per heavy atom. The average Bonchev–Trinajstić information content (AvgIpc) is 3.38. The monoisotopic (exact) mass is 608 g/mol. The summed E-state index contributed by atoms with van der Waals surface area (Å²) in [4.78, 5) is 21.3. The van der Waals surface area contributed by atoms with E-state index in [1.54, 1.807) is 29.1 Å². The van der Waals surface area contributed by atoms with Crippen molar-refractivity contribution in [1.29, 1.82) is 0 Å². The van der Waals surface area contributed by atoms with Crippen LogP contribution < -0.4 is 15.4 Å². The topological polar surface area (TPSA) is 169 Å². The molecule has 3 aromatic heterocycles. The van der Waals surface area contributed by atoms with Gasteiger partial charge in [0.2, 0.25) is 0 Å². The first-order valence-electron chi connectivity index (χ1n) is 12.9. The third kappa shape index (κ3) is 8.78. The van der Waals surface area contributed by atoms with Crippen molar-refractivity contribution in [2.75, 3.05) is 16.9 Å². The third-order valence-electron chi connectivity index (χ3n) is 5.77. The highest BCUT2D eigenvalue weighted by Crippen LogP contribution is 2.27. The van der Waals surface area contributed by atoms with Gasteiger partial charge in [-0.1, -0.05) is 19.9 Å². The quantitative estimate of drug-likeness (QED) is 0.174. The molecular formula is C29H29FN6O6S. The first-order chi connectivity index (χ1) is 20.4. The van der Waals surface area contributed by atoms with E-state index >= 15 is 0 Å². The third-order valence-corrected chi connectivity index (χ3v) is 5.77. The lowest BCUT2D eigenvalue weighted by molar-refractivity contribution is 0.262. The Hall–Kier alpha value is -4.92. The smallest absolute Gasteiger partial charge is 0.324 e. The van der Waals surface area contributed by atoms with Gasteiger partial charge in [-0.05, 0) is 54.4 Å². The Morgan fingerprint density at radius 3 is 2.44 bits per heavy atom. The van der Waals surface area contributed by atoms with Gasteiger partial charge in [-0.3, -0.25) is 19.8 Å². The number of carbonyl (C=O) groups excluding carboxylic acids is 1. The number of hydrogen-bond donors (Lipinski definition) is 4.